The van der Waals surface area contributed by atoms with E-state index in [-0.39, 0.29) is 12.7 Å². The average molecular weight is 287 g/mol. The number of para-hydroxylation sites is 2. The Morgan fingerprint density at radius 2 is 2.00 bits per heavy atom. The fourth-order valence-electron chi connectivity index (χ4n) is 2.54. The zero-order valence-corrected chi connectivity index (χ0v) is 11.6. The van der Waals surface area contributed by atoms with Gasteiger partial charge in [0.25, 0.3) is 0 Å². The van der Waals surface area contributed by atoms with Crippen LogP contribution in [0.5, 0.6) is 0 Å². The Morgan fingerprint density at radius 3 is 2.71 bits per heavy atom. The molecule has 0 radical (unpaired) electrons. The number of carboxylic acids is 1. The minimum absolute atomic E-state index is 0.0192. The van der Waals surface area contributed by atoms with Crippen LogP contribution in [0.1, 0.15) is 12.8 Å². The molecule has 6 nitrogen and oxygen atoms in total. The number of anilines is 1. The maximum Gasteiger partial charge on any atom is 0.329 e. The van der Waals surface area contributed by atoms with E-state index >= 15 is 0 Å². The summed E-state index contributed by atoms with van der Waals surface area (Å²) in [6.45, 7) is 1.38. The number of carboxylic acid groups (broad SMARTS) is 1. The Balaban J connectivity index is 1.64. The molecule has 21 heavy (non-hydrogen) atoms. The van der Waals surface area contributed by atoms with Gasteiger partial charge in [-0.2, -0.15) is 0 Å². The second-order valence-corrected chi connectivity index (χ2v) is 5.11. The molecule has 1 aliphatic heterocycles. The van der Waals surface area contributed by atoms with Gasteiger partial charge in [0.2, 0.25) is 0 Å². The van der Waals surface area contributed by atoms with Crippen molar-refractivity contribution in [2.24, 2.45) is 0 Å². The third-order valence-electron chi connectivity index (χ3n) is 3.64. The number of fused-ring (bicyclic) bond motifs is 1. The van der Waals surface area contributed by atoms with E-state index < -0.39 is 5.97 Å². The van der Waals surface area contributed by atoms with Crippen LogP contribution in [-0.4, -0.2) is 46.8 Å². The normalized spacial score (nSPS) is 16.3. The maximum absolute atomic E-state index is 10.5. The number of rotatable bonds is 4. The zero-order chi connectivity index (χ0) is 14.7. The fraction of sp³-hybridized carbons (Fsp3) is 0.400. The lowest BCUT2D eigenvalue weighted by molar-refractivity contribution is -0.144. The van der Waals surface area contributed by atoms with Gasteiger partial charge in [-0.1, -0.05) is 12.1 Å². The molecule has 0 atom stereocenters. The molecule has 0 aliphatic carbocycles. The van der Waals surface area contributed by atoms with Gasteiger partial charge in [-0.05, 0) is 25.0 Å². The van der Waals surface area contributed by atoms with Crippen molar-refractivity contribution in [3.63, 3.8) is 0 Å². The molecule has 110 valence electrons. The van der Waals surface area contributed by atoms with Gasteiger partial charge in [-0.3, -0.25) is 4.98 Å². The molecule has 2 aromatic rings. The van der Waals surface area contributed by atoms with Gasteiger partial charge in [0.05, 0.1) is 23.3 Å². The predicted molar refractivity (Wildman–Crippen MR) is 78.4 cm³/mol. The molecule has 1 aromatic carbocycles. The third-order valence-corrected chi connectivity index (χ3v) is 3.64. The van der Waals surface area contributed by atoms with Crippen LogP contribution >= 0.6 is 0 Å². The van der Waals surface area contributed by atoms with Gasteiger partial charge in [0.15, 0.2) is 0 Å². The van der Waals surface area contributed by atoms with Crippen LogP contribution in [0.25, 0.3) is 11.0 Å². The van der Waals surface area contributed by atoms with Crippen molar-refractivity contribution >= 4 is 22.8 Å². The number of hydrogen-bond donors (Lipinski definition) is 1. The number of carbonyl (C=O) groups is 1. The summed E-state index contributed by atoms with van der Waals surface area (Å²) in [6.07, 6.45) is 3.43. The van der Waals surface area contributed by atoms with Crippen molar-refractivity contribution in [1.82, 2.24) is 9.97 Å². The fourth-order valence-corrected chi connectivity index (χ4v) is 2.54. The molecule has 0 bridgehead atoms. The van der Waals surface area contributed by atoms with E-state index in [0.717, 1.165) is 42.8 Å². The largest absolute Gasteiger partial charge is 0.480 e. The van der Waals surface area contributed by atoms with Crippen LogP contribution in [-0.2, 0) is 9.53 Å². The van der Waals surface area contributed by atoms with E-state index in [9.17, 15) is 4.79 Å². The van der Waals surface area contributed by atoms with Crippen LogP contribution in [0.3, 0.4) is 0 Å². The van der Waals surface area contributed by atoms with Crippen molar-refractivity contribution < 1.29 is 14.6 Å². The van der Waals surface area contributed by atoms with E-state index in [1.54, 1.807) is 6.20 Å². The molecule has 1 aromatic heterocycles. The monoisotopic (exact) mass is 287 g/mol. The van der Waals surface area contributed by atoms with E-state index in [1.165, 1.54) is 0 Å². The Hall–Kier alpha value is -2.21. The van der Waals surface area contributed by atoms with Crippen molar-refractivity contribution in [2.75, 3.05) is 24.6 Å². The summed E-state index contributed by atoms with van der Waals surface area (Å²) in [5, 5.41) is 8.62. The highest BCUT2D eigenvalue weighted by molar-refractivity contribution is 5.75. The minimum Gasteiger partial charge on any atom is -0.480 e. The van der Waals surface area contributed by atoms with Crippen molar-refractivity contribution in [3.05, 3.63) is 30.5 Å². The van der Waals surface area contributed by atoms with E-state index in [1.807, 2.05) is 24.3 Å². The number of hydrogen-bond acceptors (Lipinski definition) is 5. The van der Waals surface area contributed by atoms with Crippen molar-refractivity contribution in [3.8, 4) is 0 Å². The Kier molecular flexibility index (Phi) is 3.96. The van der Waals surface area contributed by atoms with Gasteiger partial charge in [0.1, 0.15) is 12.4 Å². The summed E-state index contributed by atoms with van der Waals surface area (Å²) in [7, 11) is 0. The highest BCUT2D eigenvalue weighted by Gasteiger charge is 2.21. The molecule has 0 unspecified atom stereocenters. The van der Waals surface area contributed by atoms with Crippen LogP contribution in [0, 0.1) is 0 Å². The average Bonchev–Trinajstić information content (AvgIpc) is 2.53. The minimum atomic E-state index is -0.919. The summed E-state index contributed by atoms with van der Waals surface area (Å²) < 4.78 is 5.34. The van der Waals surface area contributed by atoms with Crippen molar-refractivity contribution in [2.45, 2.75) is 18.9 Å². The SMILES string of the molecule is O=C(O)COC1CCN(c2cnc3ccccc3n2)CC1. The maximum atomic E-state index is 10.5. The highest BCUT2D eigenvalue weighted by Crippen LogP contribution is 2.21. The number of aliphatic carboxylic acids is 1. The van der Waals surface area contributed by atoms with Gasteiger partial charge >= 0.3 is 5.97 Å². The van der Waals surface area contributed by atoms with E-state index in [2.05, 4.69) is 14.9 Å². The second kappa shape index (κ2) is 6.05. The lowest BCUT2D eigenvalue weighted by Crippen LogP contribution is -2.38. The zero-order valence-electron chi connectivity index (χ0n) is 11.6. The van der Waals surface area contributed by atoms with Crippen LogP contribution in [0.15, 0.2) is 30.5 Å². The first-order valence-corrected chi connectivity index (χ1v) is 7.02. The molecule has 1 fully saturated rings. The summed E-state index contributed by atoms with van der Waals surface area (Å²) in [5.41, 5.74) is 1.78. The Morgan fingerprint density at radius 1 is 1.29 bits per heavy atom. The summed E-state index contributed by atoms with van der Waals surface area (Å²) in [6, 6.07) is 7.79. The first kappa shape index (κ1) is 13.8. The van der Waals surface area contributed by atoms with Gasteiger partial charge < -0.3 is 14.7 Å². The van der Waals surface area contributed by atoms with E-state index in [0.29, 0.717) is 0 Å². The summed E-state index contributed by atoms with van der Waals surface area (Å²) in [4.78, 5) is 21.7. The number of ether oxygens (including phenoxy) is 1. The molecule has 1 aliphatic rings. The van der Waals surface area contributed by atoms with Gasteiger partial charge in [-0.25, -0.2) is 9.78 Å². The van der Waals surface area contributed by atoms with Crippen LogP contribution in [0.2, 0.25) is 0 Å². The lowest BCUT2D eigenvalue weighted by Gasteiger charge is -2.32. The third kappa shape index (κ3) is 3.28. The first-order valence-electron chi connectivity index (χ1n) is 7.02. The predicted octanol–water partition coefficient (Wildman–Crippen LogP) is 1.70. The molecule has 0 saturated carbocycles. The topological polar surface area (TPSA) is 75.6 Å². The molecule has 1 N–H and O–H groups in total. The number of piperidine rings is 1. The van der Waals surface area contributed by atoms with Gasteiger partial charge in [0, 0.05) is 13.1 Å². The summed E-state index contributed by atoms with van der Waals surface area (Å²) in [5.74, 6) is -0.0526. The first-order chi connectivity index (χ1) is 10.2. The number of aromatic nitrogens is 2. The highest BCUT2D eigenvalue weighted by atomic mass is 16.5. The molecule has 0 spiro atoms. The molecule has 0 amide bonds. The molecular weight excluding hydrogens is 270 g/mol. The number of benzene rings is 1. The molecule has 2 heterocycles. The van der Waals surface area contributed by atoms with Crippen LogP contribution in [0.4, 0.5) is 5.82 Å². The molecular formula is C15H17N3O3. The van der Waals surface area contributed by atoms with Gasteiger partial charge in [-0.15, -0.1) is 0 Å². The molecule has 3 rings (SSSR count). The Bertz CT molecular complexity index is 639. The lowest BCUT2D eigenvalue weighted by atomic mass is 10.1. The smallest absolute Gasteiger partial charge is 0.329 e. The van der Waals surface area contributed by atoms with Crippen LogP contribution < -0.4 is 4.90 Å². The molecule has 6 heteroatoms. The second-order valence-electron chi connectivity index (χ2n) is 5.11. The van der Waals surface area contributed by atoms with Crippen molar-refractivity contribution in [1.29, 1.82) is 0 Å². The standard InChI is InChI=1S/C15H17N3O3/c19-15(20)10-21-11-5-7-18(8-6-11)14-9-16-12-3-1-2-4-13(12)17-14/h1-4,9,11H,5-8,10H2,(H,19,20). The molecule has 1 saturated heterocycles. The Labute approximate surface area is 122 Å². The number of nitrogens with zero attached hydrogens (tertiary/aromatic N) is 3. The summed E-state index contributed by atoms with van der Waals surface area (Å²) >= 11 is 0. The van der Waals surface area contributed by atoms with E-state index in [4.69, 9.17) is 9.84 Å². The quantitative estimate of drug-likeness (QED) is 0.922.